The molecule has 1 atom stereocenters. The van der Waals surface area contributed by atoms with E-state index in [1.807, 2.05) is 20.0 Å². The highest BCUT2D eigenvalue weighted by Crippen LogP contribution is 2.19. The van der Waals surface area contributed by atoms with E-state index in [0.29, 0.717) is 0 Å². The Morgan fingerprint density at radius 1 is 1.26 bits per heavy atom. The number of rotatable bonds is 10. The number of likely N-dealkylation sites (N-methyl/N-ethyl adjacent to an activating group) is 1. The van der Waals surface area contributed by atoms with Gasteiger partial charge in [0.2, 0.25) is 5.91 Å². The fourth-order valence-electron chi connectivity index (χ4n) is 2.93. The molecule has 0 saturated carbocycles. The monoisotopic (exact) mass is 396 g/mol. The molecular formula is C20H30ClFN4O. The molecular weight excluding hydrogens is 367 g/mol. The lowest BCUT2D eigenvalue weighted by Crippen LogP contribution is -2.42. The highest BCUT2D eigenvalue weighted by Gasteiger charge is 2.16. The lowest BCUT2D eigenvalue weighted by molar-refractivity contribution is -0.131. The zero-order chi connectivity index (χ0) is 18.9. The maximum Gasteiger partial charge on any atom is 0.239 e. The largest absolute Gasteiger partial charge is 0.344 e. The Hall–Kier alpha value is -1.92. The van der Waals surface area contributed by atoms with E-state index in [1.54, 1.807) is 17.0 Å². The fourth-order valence-corrected chi connectivity index (χ4v) is 2.93. The molecule has 0 aliphatic rings. The number of hydrogen-bond acceptors (Lipinski definition) is 3. The third-order valence-corrected chi connectivity index (χ3v) is 4.50. The second kappa shape index (κ2) is 11.7. The van der Waals surface area contributed by atoms with Gasteiger partial charge in [-0.3, -0.25) is 9.89 Å². The molecule has 2 rings (SSSR count). The first-order chi connectivity index (χ1) is 12.5. The van der Waals surface area contributed by atoms with E-state index in [4.69, 9.17) is 5.73 Å². The van der Waals surface area contributed by atoms with Crippen LogP contribution in [-0.4, -0.2) is 40.6 Å². The van der Waals surface area contributed by atoms with Gasteiger partial charge < -0.3 is 10.6 Å². The average Bonchev–Trinajstić information content (AvgIpc) is 3.10. The van der Waals surface area contributed by atoms with Crippen LogP contribution in [0, 0.1) is 5.82 Å². The molecule has 0 radical (unpaired) electrons. The molecule has 0 spiro atoms. The van der Waals surface area contributed by atoms with Crippen LogP contribution in [0.5, 0.6) is 0 Å². The minimum Gasteiger partial charge on any atom is -0.344 e. The second-order valence-corrected chi connectivity index (χ2v) is 6.75. The molecule has 0 aliphatic carbocycles. The van der Waals surface area contributed by atoms with Crippen molar-refractivity contribution in [3.63, 3.8) is 0 Å². The van der Waals surface area contributed by atoms with Gasteiger partial charge in [0.1, 0.15) is 5.82 Å². The summed E-state index contributed by atoms with van der Waals surface area (Å²) in [5, 5.41) is 7.33. The topological polar surface area (TPSA) is 75.0 Å². The Balaban J connectivity index is 0.00000364. The second-order valence-electron chi connectivity index (χ2n) is 6.75. The SMILES string of the molecule is CCCC(N)C(=O)N(C)CCCCCc1cc(-c2ccc(F)cc2)n[nH]1.Cl. The maximum absolute atomic E-state index is 13.0. The number of hydrogen-bond donors (Lipinski definition) is 2. The predicted molar refractivity (Wildman–Crippen MR) is 109 cm³/mol. The molecule has 0 saturated heterocycles. The summed E-state index contributed by atoms with van der Waals surface area (Å²) in [5.74, 6) is -0.215. The predicted octanol–water partition coefficient (Wildman–Crippen LogP) is 3.94. The van der Waals surface area contributed by atoms with Gasteiger partial charge in [0.25, 0.3) is 0 Å². The van der Waals surface area contributed by atoms with Crippen LogP contribution in [-0.2, 0) is 11.2 Å². The number of aromatic nitrogens is 2. The quantitative estimate of drug-likeness (QED) is 0.597. The molecule has 1 unspecified atom stereocenters. The van der Waals surface area contributed by atoms with Crippen LogP contribution in [0.2, 0.25) is 0 Å². The van der Waals surface area contributed by atoms with Gasteiger partial charge >= 0.3 is 0 Å². The molecule has 0 aliphatic heterocycles. The van der Waals surface area contributed by atoms with Crippen molar-refractivity contribution in [2.24, 2.45) is 5.73 Å². The highest BCUT2D eigenvalue weighted by atomic mass is 35.5. The normalized spacial score (nSPS) is 11.7. The summed E-state index contributed by atoms with van der Waals surface area (Å²) < 4.78 is 13.0. The van der Waals surface area contributed by atoms with Crippen molar-refractivity contribution in [2.75, 3.05) is 13.6 Å². The average molecular weight is 397 g/mol. The van der Waals surface area contributed by atoms with E-state index >= 15 is 0 Å². The summed E-state index contributed by atoms with van der Waals surface area (Å²) in [5.41, 5.74) is 8.67. The number of aryl methyl sites for hydroxylation is 1. The number of amides is 1. The number of benzene rings is 1. The standard InChI is InChI=1S/C20H29FN4O.ClH/c1-3-7-18(22)20(26)25(2)13-6-4-5-8-17-14-19(24-23-17)15-9-11-16(21)12-10-15;/h9-12,14,18H,3-8,13,22H2,1-2H3,(H,23,24);1H. The molecule has 1 heterocycles. The Morgan fingerprint density at radius 3 is 2.63 bits per heavy atom. The smallest absolute Gasteiger partial charge is 0.239 e. The molecule has 2 aromatic rings. The highest BCUT2D eigenvalue weighted by molar-refractivity contribution is 5.85. The summed E-state index contributed by atoms with van der Waals surface area (Å²) in [6.45, 7) is 2.77. The molecule has 1 aromatic heterocycles. The Labute approximate surface area is 166 Å². The number of aromatic amines is 1. The lowest BCUT2D eigenvalue weighted by atomic mass is 10.1. The van der Waals surface area contributed by atoms with Crippen LogP contribution in [0.3, 0.4) is 0 Å². The van der Waals surface area contributed by atoms with Gasteiger partial charge in [-0.05, 0) is 56.0 Å². The van der Waals surface area contributed by atoms with Gasteiger partial charge in [0.05, 0.1) is 11.7 Å². The third-order valence-electron chi connectivity index (χ3n) is 4.50. The van der Waals surface area contributed by atoms with Gasteiger partial charge in [-0.25, -0.2) is 4.39 Å². The van der Waals surface area contributed by atoms with E-state index in [0.717, 1.165) is 62.0 Å². The van der Waals surface area contributed by atoms with Crippen LogP contribution in [0.1, 0.15) is 44.7 Å². The molecule has 150 valence electrons. The summed E-state index contributed by atoms with van der Waals surface area (Å²) in [6.07, 6.45) is 5.57. The van der Waals surface area contributed by atoms with Gasteiger partial charge in [-0.15, -0.1) is 12.4 Å². The molecule has 27 heavy (non-hydrogen) atoms. The number of nitrogens with two attached hydrogens (primary N) is 1. The Bertz CT molecular complexity index is 690. The van der Waals surface area contributed by atoms with Crippen molar-refractivity contribution >= 4 is 18.3 Å². The first-order valence-corrected chi connectivity index (χ1v) is 9.32. The minimum absolute atomic E-state index is 0. The number of unbranched alkanes of at least 4 members (excludes halogenated alkanes) is 2. The Morgan fingerprint density at radius 2 is 1.96 bits per heavy atom. The van der Waals surface area contributed by atoms with Crippen molar-refractivity contribution in [2.45, 2.75) is 51.5 Å². The number of nitrogens with zero attached hydrogens (tertiary/aromatic N) is 2. The van der Waals surface area contributed by atoms with Gasteiger partial charge in [-0.1, -0.05) is 19.8 Å². The zero-order valence-corrected chi connectivity index (χ0v) is 16.9. The van der Waals surface area contributed by atoms with Gasteiger partial charge in [-0.2, -0.15) is 5.10 Å². The first kappa shape index (κ1) is 23.1. The van der Waals surface area contributed by atoms with Crippen LogP contribution in [0.25, 0.3) is 11.3 Å². The van der Waals surface area contributed by atoms with Crippen molar-refractivity contribution in [1.29, 1.82) is 0 Å². The minimum atomic E-state index is -0.375. The molecule has 7 heteroatoms. The molecule has 1 aromatic carbocycles. The Kier molecular flexibility index (Phi) is 10.0. The van der Waals surface area contributed by atoms with Crippen LogP contribution < -0.4 is 5.73 Å². The van der Waals surface area contributed by atoms with Crippen molar-refractivity contribution < 1.29 is 9.18 Å². The lowest BCUT2D eigenvalue weighted by Gasteiger charge is -2.20. The van der Waals surface area contributed by atoms with Gasteiger partial charge in [0.15, 0.2) is 0 Å². The fraction of sp³-hybridized carbons (Fsp3) is 0.500. The summed E-state index contributed by atoms with van der Waals surface area (Å²) >= 11 is 0. The first-order valence-electron chi connectivity index (χ1n) is 9.32. The summed E-state index contributed by atoms with van der Waals surface area (Å²) in [6, 6.07) is 7.96. The summed E-state index contributed by atoms with van der Waals surface area (Å²) in [7, 11) is 1.82. The van der Waals surface area contributed by atoms with Crippen molar-refractivity contribution in [3.8, 4) is 11.3 Å². The van der Waals surface area contributed by atoms with Crippen LogP contribution in [0.4, 0.5) is 4.39 Å². The molecule has 0 fully saturated rings. The number of carbonyl (C=O) groups is 1. The number of nitrogens with one attached hydrogen (secondary N) is 1. The number of halogens is 2. The zero-order valence-electron chi connectivity index (χ0n) is 16.1. The third kappa shape index (κ3) is 7.31. The van der Waals surface area contributed by atoms with Crippen molar-refractivity contribution in [3.05, 3.63) is 41.8 Å². The number of carbonyl (C=O) groups excluding carboxylic acids is 1. The molecule has 1 amide bonds. The van der Waals surface area contributed by atoms with E-state index in [1.165, 1.54) is 12.1 Å². The van der Waals surface area contributed by atoms with Crippen LogP contribution in [0.15, 0.2) is 30.3 Å². The molecule has 5 nitrogen and oxygen atoms in total. The molecule has 0 bridgehead atoms. The molecule has 3 N–H and O–H groups in total. The van der Waals surface area contributed by atoms with E-state index in [9.17, 15) is 9.18 Å². The van der Waals surface area contributed by atoms with E-state index in [2.05, 4.69) is 10.2 Å². The summed E-state index contributed by atoms with van der Waals surface area (Å²) in [4.78, 5) is 13.8. The van der Waals surface area contributed by atoms with E-state index < -0.39 is 0 Å². The van der Waals surface area contributed by atoms with Gasteiger partial charge in [0, 0.05) is 24.8 Å². The van der Waals surface area contributed by atoms with Crippen LogP contribution >= 0.6 is 12.4 Å². The number of H-pyrrole nitrogens is 1. The van der Waals surface area contributed by atoms with E-state index in [-0.39, 0.29) is 30.2 Å². The van der Waals surface area contributed by atoms with Crippen molar-refractivity contribution in [1.82, 2.24) is 15.1 Å². The maximum atomic E-state index is 13.0.